The SMILES string of the molecule is C=CCOC(=O)NC(CCCCN)C(=O)O.c1ccc2c(c1)C2. The van der Waals surface area contributed by atoms with Crippen LogP contribution in [0.25, 0.3) is 0 Å². The molecule has 1 atom stereocenters. The van der Waals surface area contributed by atoms with Gasteiger partial charge < -0.3 is 20.9 Å². The van der Waals surface area contributed by atoms with Crippen LogP contribution >= 0.6 is 0 Å². The summed E-state index contributed by atoms with van der Waals surface area (Å²) in [4.78, 5) is 21.9. The number of carboxylic acids is 1. The summed E-state index contributed by atoms with van der Waals surface area (Å²) in [7, 11) is 0. The van der Waals surface area contributed by atoms with Crippen LogP contribution in [0.2, 0.25) is 0 Å². The first kappa shape index (κ1) is 18.7. The van der Waals surface area contributed by atoms with Gasteiger partial charge in [0.15, 0.2) is 0 Å². The van der Waals surface area contributed by atoms with Crippen LogP contribution in [0.1, 0.15) is 30.4 Å². The van der Waals surface area contributed by atoms with Crippen LogP contribution in [0.3, 0.4) is 0 Å². The summed E-state index contributed by atoms with van der Waals surface area (Å²) in [6, 6.07) is 7.60. The van der Waals surface area contributed by atoms with Gasteiger partial charge in [-0.25, -0.2) is 9.59 Å². The lowest BCUT2D eigenvalue weighted by Crippen LogP contribution is -2.41. The quantitative estimate of drug-likeness (QED) is 0.510. The van der Waals surface area contributed by atoms with E-state index < -0.39 is 18.1 Å². The summed E-state index contributed by atoms with van der Waals surface area (Å²) < 4.78 is 4.62. The molecule has 1 unspecified atom stereocenters. The molecule has 1 aromatic carbocycles. The summed E-state index contributed by atoms with van der Waals surface area (Å²) >= 11 is 0. The molecule has 6 heteroatoms. The Morgan fingerprint density at radius 3 is 2.48 bits per heavy atom. The molecule has 1 aromatic rings. The van der Waals surface area contributed by atoms with E-state index in [9.17, 15) is 9.59 Å². The Hall–Kier alpha value is -2.34. The Labute approximate surface area is 136 Å². The monoisotopic (exact) mass is 320 g/mol. The second-order valence-corrected chi connectivity index (χ2v) is 5.15. The summed E-state index contributed by atoms with van der Waals surface area (Å²) in [6.45, 7) is 3.94. The Bertz CT molecular complexity index is 510. The van der Waals surface area contributed by atoms with Crippen molar-refractivity contribution in [3.8, 4) is 0 Å². The van der Waals surface area contributed by atoms with Crippen LogP contribution in [0.4, 0.5) is 4.79 Å². The highest BCUT2D eigenvalue weighted by Crippen LogP contribution is 2.25. The van der Waals surface area contributed by atoms with Gasteiger partial charge in [-0.3, -0.25) is 0 Å². The molecule has 0 radical (unpaired) electrons. The minimum atomic E-state index is -1.08. The molecule has 0 saturated carbocycles. The Kier molecular flexibility index (Phi) is 8.46. The molecule has 2 rings (SSSR count). The molecular weight excluding hydrogens is 296 g/mol. The number of aliphatic carboxylic acids is 1. The van der Waals surface area contributed by atoms with Crippen molar-refractivity contribution in [2.24, 2.45) is 5.73 Å². The average molecular weight is 320 g/mol. The fraction of sp³-hybridized carbons (Fsp3) is 0.412. The van der Waals surface area contributed by atoms with Gasteiger partial charge in [-0.2, -0.15) is 0 Å². The largest absolute Gasteiger partial charge is 0.480 e. The fourth-order valence-corrected chi connectivity index (χ4v) is 1.91. The summed E-state index contributed by atoms with van der Waals surface area (Å²) in [5.74, 6) is -1.08. The van der Waals surface area contributed by atoms with Crippen molar-refractivity contribution < 1.29 is 19.4 Å². The number of hydrogen-bond acceptors (Lipinski definition) is 4. The molecule has 1 aliphatic carbocycles. The third-order valence-electron chi connectivity index (χ3n) is 3.24. The van der Waals surface area contributed by atoms with Crippen LogP contribution in [0.5, 0.6) is 0 Å². The summed E-state index contributed by atoms with van der Waals surface area (Å²) in [5.41, 5.74) is 8.35. The third-order valence-corrected chi connectivity index (χ3v) is 3.24. The number of rotatable bonds is 8. The number of amides is 1. The fourth-order valence-electron chi connectivity index (χ4n) is 1.91. The number of ether oxygens (including phenoxy) is 1. The smallest absolute Gasteiger partial charge is 0.408 e. The van der Waals surface area contributed by atoms with Gasteiger partial charge in [0, 0.05) is 0 Å². The van der Waals surface area contributed by atoms with Crippen LogP contribution in [0.15, 0.2) is 36.9 Å². The number of fused-ring (bicyclic) bond motifs is 1. The van der Waals surface area contributed by atoms with E-state index in [-0.39, 0.29) is 6.61 Å². The van der Waals surface area contributed by atoms with Gasteiger partial charge in [0.2, 0.25) is 0 Å². The molecule has 1 aliphatic rings. The van der Waals surface area contributed by atoms with E-state index in [1.54, 1.807) is 0 Å². The first-order chi connectivity index (χ1) is 11.1. The molecule has 0 aromatic heterocycles. The predicted octanol–water partition coefficient (Wildman–Crippen LogP) is 2.07. The van der Waals surface area contributed by atoms with Crippen LogP contribution in [0, 0.1) is 0 Å². The highest BCUT2D eigenvalue weighted by atomic mass is 16.5. The average Bonchev–Trinajstić information content (AvgIpc) is 3.32. The number of alkyl carbamates (subject to hydrolysis) is 1. The number of carbonyl (C=O) groups excluding carboxylic acids is 1. The van der Waals surface area contributed by atoms with Crippen molar-refractivity contribution in [1.29, 1.82) is 0 Å². The molecule has 1 amide bonds. The van der Waals surface area contributed by atoms with Crippen molar-refractivity contribution >= 4 is 12.1 Å². The van der Waals surface area contributed by atoms with E-state index in [1.165, 1.54) is 23.6 Å². The highest BCUT2D eigenvalue weighted by molar-refractivity contribution is 5.79. The summed E-state index contributed by atoms with van der Waals surface area (Å²) in [5, 5.41) is 11.1. The van der Waals surface area contributed by atoms with Gasteiger partial charge in [0.1, 0.15) is 12.6 Å². The van der Waals surface area contributed by atoms with Crippen molar-refractivity contribution in [1.82, 2.24) is 5.32 Å². The molecule has 4 N–H and O–H groups in total. The zero-order valence-corrected chi connectivity index (χ0v) is 13.2. The van der Waals surface area contributed by atoms with E-state index in [1.807, 2.05) is 0 Å². The predicted molar refractivity (Wildman–Crippen MR) is 88.3 cm³/mol. The number of carboxylic acid groups (broad SMARTS) is 1. The topological polar surface area (TPSA) is 102 Å². The molecule has 0 heterocycles. The van der Waals surface area contributed by atoms with Gasteiger partial charge in [-0.1, -0.05) is 36.9 Å². The molecule has 0 saturated heterocycles. The Morgan fingerprint density at radius 1 is 1.35 bits per heavy atom. The molecule has 6 nitrogen and oxygen atoms in total. The lowest BCUT2D eigenvalue weighted by atomic mass is 10.1. The second kappa shape index (κ2) is 10.4. The van der Waals surface area contributed by atoms with Crippen molar-refractivity contribution in [3.63, 3.8) is 0 Å². The first-order valence-corrected chi connectivity index (χ1v) is 7.62. The van der Waals surface area contributed by atoms with E-state index >= 15 is 0 Å². The Balaban J connectivity index is 0.000000304. The first-order valence-electron chi connectivity index (χ1n) is 7.62. The molecule has 126 valence electrons. The van der Waals surface area contributed by atoms with Crippen molar-refractivity contribution in [2.75, 3.05) is 13.2 Å². The number of benzene rings is 1. The Morgan fingerprint density at radius 2 is 2.00 bits per heavy atom. The van der Waals surface area contributed by atoms with Gasteiger partial charge >= 0.3 is 12.1 Å². The maximum absolute atomic E-state index is 11.1. The minimum absolute atomic E-state index is 0.0565. The van der Waals surface area contributed by atoms with Crippen LogP contribution in [-0.2, 0) is 16.0 Å². The molecular formula is C17H24N2O4. The zero-order chi connectivity index (χ0) is 17.1. The van der Waals surface area contributed by atoms with Gasteiger partial charge in [-0.15, -0.1) is 0 Å². The lowest BCUT2D eigenvalue weighted by molar-refractivity contribution is -0.139. The van der Waals surface area contributed by atoms with E-state index in [4.69, 9.17) is 10.8 Å². The normalized spacial score (nSPS) is 12.0. The third kappa shape index (κ3) is 8.01. The maximum Gasteiger partial charge on any atom is 0.408 e. The van der Waals surface area contributed by atoms with Crippen LogP contribution < -0.4 is 11.1 Å². The number of hydrogen-bond donors (Lipinski definition) is 3. The van der Waals surface area contributed by atoms with E-state index in [0.717, 1.165) is 6.42 Å². The maximum atomic E-state index is 11.1. The second-order valence-electron chi connectivity index (χ2n) is 5.15. The number of carbonyl (C=O) groups is 2. The number of nitrogens with two attached hydrogens (primary N) is 1. The highest BCUT2D eigenvalue weighted by Gasteiger charge is 2.19. The van der Waals surface area contributed by atoms with E-state index in [0.29, 0.717) is 19.4 Å². The molecule has 0 bridgehead atoms. The van der Waals surface area contributed by atoms with Gasteiger partial charge in [0.05, 0.1) is 0 Å². The van der Waals surface area contributed by atoms with Crippen molar-refractivity contribution in [3.05, 3.63) is 48.0 Å². The minimum Gasteiger partial charge on any atom is -0.480 e. The van der Waals surface area contributed by atoms with E-state index in [2.05, 4.69) is 40.9 Å². The van der Waals surface area contributed by atoms with Crippen molar-refractivity contribution in [2.45, 2.75) is 31.7 Å². The van der Waals surface area contributed by atoms with Gasteiger partial charge in [0.25, 0.3) is 0 Å². The lowest BCUT2D eigenvalue weighted by Gasteiger charge is -2.13. The zero-order valence-electron chi connectivity index (χ0n) is 13.2. The molecule has 0 spiro atoms. The number of unbranched alkanes of at least 4 members (excludes halogenated alkanes) is 1. The molecule has 0 aliphatic heterocycles. The molecule has 23 heavy (non-hydrogen) atoms. The molecule has 0 fully saturated rings. The number of nitrogens with one attached hydrogen (secondary N) is 1. The standard InChI is InChI=1S/C10H18N2O4.C7H6/c1-2-7-16-10(15)12-8(9(13)14)5-3-4-6-11;1-2-4-7-5-6(7)3-1/h2,8H,1,3-7,11H2,(H,12,15)(H,13,14);1-4H,5H2. The summed E-state index contributed by atoms with van der Waals surface area (Å²) in [6.07, 6.45) is 3.62. The van der Waals surface area contributed by atoms with Crippen LogP contribution in [-0.4, -0.2) is 36.4 Å². The van der Waals surface area contributed by atoms with Gasteiger partial charge in [-0.05, 0) is 43.4 Å².